The van der Waals surface area contributed by atoms with Crippen molar-refractivity contribution in [1.29, 1.82) is 0 Å². The summed E-state index contributed by atoms with van der Waals surface area (Å²) in [4.78, 5) is 0. The van der Waals surface area contributed by atoms with Gasteiger partial charge in [0, 0.05) is 5.02 Å². The van der Waals surface area contributed by atoms with Gasteiger partial charge in [0.15, 0.2) is 11.6 Å². The maximum absolute atomic E-state index is 13.2. The van der Waals surface area contributed by atoms with E-state index in [1.165, 1.54) is 12.1 Å². The number of hydrogen-bond donors (Lipinski definition) is 1. The van der Waals surface area contributed by atoms with Crippen molar-refractivity contribution >= 4 is 11.6 Å². The molecule has 0 saturated heterocycles. The van der Waals surface area contributed by atoms with E-state index in [9.17, 15) is 4.39 Å². The summed E-state index contributed by atoms with van der Waals surface area (Å²) in [7, 11) is 0. The lowest BCUT2D eigenvalue weighted by Gasteiger charge is -2.30. The third-order valence-corrected chi connectivity index (χ3v) is 2.81. The molecule has 0 bridgehead atoms. The Hall–Kier alpha value is -0.800. The van der Waals surface area contributed by atoms with Crippen LogP contribution in [0.15, 0.2) is 18.2 Å². The Morgan fingerprint density at radius 1 is 1.47 bits per heavy atom. The Balaban J connectivity index is 1.88. The first-order valence-electron chi connectivity index (χ1n) is 4.91. The predicted octanol–water partition coefficient (Wildman–Crippen LogP) is 2.63. The van der Waals surface area contributed by atoms with Gasteiger partial charge in [-0.2, -0.15) is 0 Å². The van der Waals surface area contributed by atoms with Gasteiger partial charge in [-0.05, 0) is 37.0 Å². The monoisotopic (exact) mass is 230 g/mol. The molecule has 2 rings (SSSR count). The molecule has 0 atom stereocenters. The summed E-state index contributed by atoms with van der Waals surface area (Å²) in [5, 5.41) is 9.42. The van der Waals surface area contributed by atoms with Gasteiger partial charge in [-0.15, -0.1) is 0 Å². The minimum Gasteiger partial charge on any atom is -0.490 e. The first kappa shape index (κ1) is 10.7. The molecular weight excluding hydrogens is 219 g/mol. The van der Waals surface area contributed by atoms with E-state index in [1.54, 1.807) is 6.07 Å². The molecule has 0 amide bonds. The molecule has 0 spiro atoms. The van der Waals surface area contributed by atoms with Crippen LogP contribution in [0.2, 0.25) is 5.02 Å². The van der Waals surface area contributed by atoms with Crippen LogP contribution in [-0.4, -0.2) is 17.8 Å². The molecule has 0 radical (unpaired) electrons. The molecule has 1 N–H and O–H groups in total. The van der Waals surface area contributed by atoms with Crippen LogP contribution in [0.1, 0.15) is 12.8 Å². The number of halogens is 2. The molecule has 0 unspecified atom stereocenters. The minimum absolute atomic E-state index is 0.200. The van der Waals surface area contributed by atoms with Crippen LogP contribution >= 0.6 is 11.6 Å². The predicted molar refractivity (Wildman–Crippen MR) is 55.6 cm³/mol. The van der Waals surface area contributed by atoms with Crippen molar-refractivity contribution in [2.24, 2.45) is 5.92 Å². The van der Waals surface area contributed by atoms with Crippen molar-refractivity contribution in [3.63, 3.8) is 0 Å². The number of aliphatic hydroxyl groups is 1. The minimum atomic E-state index is -0.442. The number of benzene rings is 1. The molecule has 0 aliphatic heterocycles. The highest BCUT2D eigenvalue weighted by molar-refractivity contribution is 6.30. The van der Waals surface area contributed by atoms with Crippen LogP contribution in [0.5, 0.6) is 5.75 Å². The topological polar surface area (TPSA) is 29.5 Å². The lowest BCUT2D eigenvalue weighted by atomic mass is 9.83. The standard InChI is InChI=1S/C11H12ClFO2/c12-8-1-2-11(10(13)5-8)15-6-7-3-9(14)4-7/h1-2,5,7,9,14H,3-4,6H2/t7-,9+. The highest BCUT2D eigenvalue weighted by Crippen LogP contribution is 2.29. The molecule has 2 nitrogen and oxygen atoms in total. The SMILES string of the molecule is O[C@H]1C[C@@H](COc2ccc(Cl)cc2F)C1. The van der Waals surface area contributed by atoms with Crippen LogP contribution < -0.4 is 4.74 Å². The lowest BCUT2D eigenvalue weighted by Crippen LogP contribution is -2.32. The summed E-state index contributed by atoms with van der Waals surface area (Å²) in [6, 6.07) is 4.34. The summed E-state index contributed by atoms with van der Waals surface area (Å²) in [5.41, 5.74) is 0. The van der Waals surface area contributed by atoms with Crippen molar-refractivity contribution < 1.29 is 14.2 Å². The van der Waals surface area contributed by atoms with E-state index in [1.807, 2.05) is 0 Å². The number of ether oxygens (including phenoxy) is 1. The van der Waals surface area contributed by atoms with E-state index in [4.69, 9.17) is 21.4 Å². The summed E-state index contributed by atoms with van der Waals surface area (Å²) >= 11 is 5.61. The zero-order chi connectivity index (χ0) is 10.8. The Labute approximate surface area is 92.6 Å². The van der Waals surface area contributed by atoms with E-state index < -0.39 is 5.82 Å². The number of aliphatic hydroxyl groups excluding tert-OH is 1. The second-order valence-corrected chi connectivity index (χ2v) is 4.31. The normalized spacial score (nSPS) is 24.7. The average molecular weight is 231 g/mol. The number of hydrogen-bond acceptors (Lipinski definition) is 2. The van der Waals surface area contributed by atoms with Gasteiger partial charge in [0.2, 0.25) is 0 Å². The first-order chi connectivity index (χ1) is 7.15. The van der Waals surface area contributed by atoms with Gasteiger partial charge in [0.05, 0.1) is 12.7 Å². The second kappa shape index (κ2) is 4.37. The highest BCUT2D eigenvalue weighted by Gasteiger charge is 2.27. The molecule has 1 aliphatic carbocycles. The maximum Gasteiger partial charge on any atom is 0.166 e. The van der Waals surface area contributed by atoms with Gasteiger partial charge in [-0.1, -0.05) is 11.6 Å². The van der Waals surface area contributed by atoms with E-state index in [-0.39, 0.29) is 11.9 Å². The van der Waals surface area contributed by atoms with E-state index in [0.717, 1.165) is 12.8 Å². The molecule has 0 aromatic heterocycles. The van der Waals surface area contributed by atoms with Gasteiger partial charge in [-0.25, -0.2) is 4.39 Å². The van der Waals surface area contributed by atoms with Crippen molar-refractivity contribution in [3.8, 4) is 5.75 Å². The van der Waals surface area contributed by atoms with E-state index in [2.05, 4.69) is 0 Å². The van der Waals surface area contributed by atoms with Crippen LogP contribution in [0.3, 0.4) is 0 Å². The second-order valence-electron chi connectivity index (χ2n) is 3.88. The zero-order valence-corrected chi connectivity index (χ0v) is 8.88. The van der Waals surface area contributed by atoms with Gasteiger partial charge in [-0.3, -0.25) is 0 Å². The fraction of sp³-hybridized carbons (Fsp3) is 0.455. The summed E-state index contributed by atoms with van der Waals surface area (Å²) < 4.78 is 18.5. The molecule has 1 fully saturated rings. The van der Waals surface area contributed by atoms with E-state index in [0.29, 0.717) is 17.5 Å². The molecule has 0 heterocycles. The van der Waals surface area contributed by atoms with Crippen LogP contribution in [0.25, 0.3) is 0 Å². The molecule has 1 aliphatic rings. The van der Waals surface area contributed by atoms with Gasteiger partial charge < -0.3 is 9.84 Å². The Bertz CT molecular complexity index is 350. The quantitative estimate of drug-likeness (QED) is 0.865. The smallest absolute Gasteiger partial charge is 0.166 e. The van der Waals surface area contributed by atoms with Crippen molar-refractivity contribution in [2.45, 2.75) is 18.9 Å². The molecular formula is C11H12ClFO2. The molecule has 1 saturated carbocycles. The Morgan fingerprint density at radius 3 is 2.80 bits per heavy atom. The Kier molecular flexibility index (Phi) is 3.12. The highest BCUT2D eigenvalue weighted by atomic mass is 35.5. The van der Waals surface area contributed by atoms with Crippen molar-refractivity contribution in [3.05, 3.63) is 29.0 Å². The van der Waals surface area contributed by atoms with Crippen LogP contribution in [-0.2, 0) is 0 Å². The summed E-state index contributed by atoms with van der Waals surface area (Å²) in [5.74, 6) is 0.123. The van der Waals surface area contributed by atoms with E-state index >= 15 is 0 Å². The summed E-state index contributed by atoms with van der Waals surface area (Å²) in [6.45, 7) is 0.454. The van der Waals surface area contributed by atoms with Crippen LogP contribution in [0.4, 0.5) is 4.39 Å². The van der Waals surface area contributed by atoms with Gasteiger partial charge in [0.1, 0.15) is 0 Å². The van der Waals surface area contributed by atoms with Crippen molar-refractivity contribution in [1.82, 2.24) is 0 Å². The maximum atomic E-state index is 13.2. The first-order valence-corrected chi connectivity index (χ1v) is 5.29. The third-order valence-electron chi connectivity index (χ3n) is 2.58. The average Bonchev–Trinajstić information content (AvgIpc) is 2.13. The molecule has 15 heavy (non-hydrogen) atoms. The van der Waals surface area contributed by atoms with Crippen molar-refractivity contribution in [2.75, 3.05) is 6.61 Å². The summed E-state index contributed by atoms with van der Waals surface area (Å²) in [6.07, 6.45) is 1.29. The third kappa shape index (κ3) is 2.61. The molecule has 82 valence electrons. The molecule has 1 aromatic rings. The largest absolute Gasteiger partial charge is 0.490 e. The van der Waals surface area contributed by atoms with Gasteiger partial charge >= 0.3 is 0 Å². The zero-order valence-electron chi connectivity index (χ0n) is 8.12. The van der Waals surface area contributed by atoms with Crippen LogP contribution in [0, 0.1) is 11.7 Å². The number of rotatable bonds is 3. The fourth-order valence-electron chi connectivity index (χ4n) is 1.64. The lowest BCUT2D eigenvalue weighted by molar-refractivity contribution is 0.0196. The van der Waals surface area contributed by atoms with Gasteiger partial charge in [0.25, 0.3) is 0 Å². The fourth-order valence-corrected chi connectivity index (χ4v) is 1.80. The molecule has 4 heteroatoms. The Morgan fingerprint density at radius 2 is 2.20 bits per heavy atom. The molecule has 1 aromatic carbocycles.